The van der Waals surface area contributed by atoms with E-state index < -0.39 is 12.0 Å². The Hall–Kier alpha value is -2.41. The fraction of sp³-hybridized carbons (Fsp3) is 0.250. The zero-order valence-corrected chi connectivity index (χ0v) is 12.1. The van der Waals surface area contributed by atoms with Gasteiger partial charge in [-0.1, -0.05) is 18.2 Å². The molecule has 2 N–H and O–H groups in total. The van der Waals surface area contributed by atoms with Crippen LogP contribution in [0.2, 0.25) is 0 Å². The Labute approximate surface area is 130 Å². The largest absolute Gasteiger partial charge is 0.573 e. The highest BCUT2D eigenvalue weighted by Gasteiger charge is 2.41. The van der Waals surface area contributed by atoms with Crippen molar-refractivity contribution in [2.75, 3.05) is 19.0 Å². The first-order valence-electron chi connectivity index (χ1n) is 6.83. The van der Waals surface area contributed by atoms with Gasteiger partial charge in [0.25, 0.3) is 0 Å². The molecule has 0 fully saturated rings. The molecule has 0 aromatic heterocycles. The molecule has 4 nitrogen and oxygen atoms in total. The number of anilines is 1. The number of nitrogens with one attached hydrogen (secondary N) is 1. The van der Waals surface area contributed by atoms with Crippen LogP contribution in [0.3, 0.4) is 0 Å². The first kappa shape index (κ1) is 15.5. The first-order valence-corrected chi connectivity index (χ1v) is 6.83. The van der Waals surface area contributed by atoms with E-state index in [1.165, 1.54) is 25.3 Å². The van der Waals surface area contributed by atoms with Crippen LogP contribution in [0.5, 0.6) is 11.5 Å². The van der Waals surface area contributed by atoms with Crippen LogP contribution in [-0.2, 0) is 5.60 Å². The number of halogens is 3. The van der Waals surface area contributed by atoms with Crippen LogP contribution in [0, 0.1) is 0 Å². The summed E-state index contributed by atoms with van der Waals surface area (Å²) < 4.78 is 46.4. The molecule has 0 spiro atoms. The van der Waals surface area contributed by atoms with Crippen LogP contribution in [0.25, 0.3) is 0 Å². The van der Waals surface area contributed by atoms with E-state index in [4.69, 9.17) is 4.74 Å². The number of hydrogen-bond donors (Lipinski definition) is 2. The Morgan fingerprint density at radius 2 is 1.87 bits per heavy atom. The number of methoxy groups -OCH3 is 1. The van der Waals surface area contributed by atoms with Crippen molar-refractivity contribution in [3.05, 3.63) is 53.6 Å². The van der Waals surface area contributed by atoms with Crippen LogP contribution in [0.15, 0.2) is 42.5 Å². The average molecular weight is 325 g/mol. The molecule has 1 unspecified atom stereocenters. The Balaban J connectivity index is 2.07. The molecule has 0 saturated carbocycles. The van der Waals surface area contributed by atoms with Crippen molar-refractivity contribution in [1.29, 1.82) is 0 Å². The van der Waals surface area contributed by atoms with Crippen molar-refractivity contribution in [3.8, 4) is 11.5 Å². The second-order valence-corrected chi connectivity index (χ2v) is 5.17. The highest BCUT2D eigenvalue weighted by molar-refractivity contribution is 5.65. The molecule has 7 heteroatoms. The molecule has 23 heavy (non-hydrogen) atoms. The van der Waals surface area contributed by atoms with Crippen molar-refractivity contribution < 1.29 is 27.8 Å². The van der Waals surface area contributed by atoms with E-state index in [0.29, 0.717) is 22.6 Å². The topological polar surface area (TPSA) is 50.7 Å². The predicted octanol–water partition coefficient (Wildman–Crippen LogP) is 3.26. The van der Waals surface area contributed by atoms with Gasteiger partial charge in [0.1, 0.15) is 17.1 Å². The summed E-state index contributed by atoms with van der Waals surface area (Å²) in [5.74, 6) is 0.0695. The van der Waals surface area contributed by atoms with Crippen molar-refractivity contribution in [2.45, 2.75) is 12.0 Å². The molecule has 0 radical (unpaired) electrons. The summed E-state index contributed by atoms with van der Waals surface area (Å²) in [5, 5.41) is 14.1. The highest BCUT2D eigenvalue weighted by atomic mass is 19.4. The van der Waals surface area contributed by atoms with E-state index in [-0.39, 0.29) is 12.3 Å². The van der Waals surface area contributed by atoms with Gasteiger partial charge >= 0.3 is 6.36 Å². The molecule has 0 aliphatic carbocycles. The predicted molar refractivity (Wildman–Crippen MR) is 77.6 cm³/mol. The number of β-amino-alcohol motifs (C(OH)–C–C–N with tert-alkyl or cyclic N) is 1. The number of hydrogen-bond acceptors (Lipinski definition) is 4. The van der Waals surface area contributed by atoms with Gasteiger partial charge in [0.05, 0.1) is 13.7 Å². The molecule has 1 aliphatic heterocycles. The summed E-state index contributed by atoms with van der Waals surface area (Å²) in [7, 11) is 1.47. The zero-order chi connectivity index (χ0) is 16.7. The minimum absolute atomic E-state index is 0.123. The lowest BCUT2D eigenvalue weighted by molar-refractivity contribution is -0.274. The third-order valence-electron chi connectivity index (χ3n) is 3.76. The Morgan fingerprint density at radius 1 is 1.13 bits per heavy atom. The second-order valence-electron chi connectivity index (χ2n) is 5.17. The van der Waals surface area contributed by atoms with E-state index in [1.54, 1.807) is 24.3 Å². The Morgan fingerprint density at radius 3 is 2.57 bits per heavy atom. The molecule has 3 rings (SSSR count). The summed E-state index contributed by atoms with van der Waals surface area (Å²) in [5.41, 5.74) is -0.179. The molecule has 122 valence electrons. The molecule has 1 heterocycles. The number of benzene rings is 2. The SMILES string of the molecule is COc1ccccc1C1(O)CNc2ccc(OC(F)(F)F)cc21. The summed E-state index contributed by atoms with van der Waals surface area (Å²) in [6.07, 6.45) is -4.79. The van der Waals surface area contributed by atoms with E-state index in [2.05, 4.69) is 10.1 Å². The number of para-hydroxylation sites is 1. The maximum atomic E-state index is 12.4. The number of rotatable bonds is 3. The number of alkyl halides is 3. The van der Waals surface area contributed by atoms with Gasteiger partial charge in [-0.05, 0) is 24.3 Å². The Kier molecular flexibility index (Phi) is 3.60. The van der Waals surface area contributed by atoms with Crippen LogP contribution in [0.4, 0.5) is 18.9 Å². The number of aliphatic hydroxyl groups is 1. The molecule has 0 amide bonds. The third-order valence-corrected chi connectivity index (χ3v) is 3.76. The van der Waals surface area contributed by atoms with Crippen LogP contribution >= 0.6 is 0 Å². The van der Waals surface area contributed by atoms with Gasteiger partial charge in [-0.2, -0.15) is 0 Å². The number of ether oxygens (including phenoxy) is 2. The van der Waals surface area contributed by atoms with Crippen LogP contribution < -0.4 is 14.8 Å². The zero-order valence-electron chi connectivity index (χ0n) is 12.1. The van der Waals surface area contributed by atoms with Gasteiger partial charge in [0, 0.05) is 16.8 Å². The lowest BCUT2D eigenvalue weighted by Gasteiger charge is -2.25. The van der Waals surface area contributed by atoms with E-state index in [0.717, 1.165) is 0 Å². The first-order chi connectivity index (χ1) is 10.8. The van der Waals surface area contributed by atoms with Gasteiger partial charge in [-0.15, -0.1) is 13.2 Å². The average Bonchev–Trinajstić information content (AvgIpc) is 2.84. The molecule has 0 bridgehead atoms. The van der Waals surface area contributed by atoms with Gasteiger partial charge < -0.3 is 19.9 Å². The second kappa shape index (κ2) is 5.34. The van der Waals surface area contributed by atoms with Crippen molar-refractivity contribution in [2.24, 2.45) is 0 Å². The summed E-state index contributed by atoms with van der Waals surface area (Å²) in [6, 6.07) is 10.7. The lowest BCUT2D eigenvalue weighted by atomic mass is 9.87. The maximum Gasteiger partial charge on any atom is 0.573 e. The van der Waals surface area contributed by atoms with E-state index in [9.17, 15) is 18.3 Å². The molecular formula is C16H14F3NO3. The highest BCUT2D eigenvalue weighted by Crippen LogP contribution is 2.44. The van der Waals surface area contributed by atoms with E-state index in [1.807, 2.05) is 0 Å². The summed E-state index contributed by atoms with van der Waals surface area (Å²) >= 11 is 0. The van der Waals surface area contributed by atoms with Gasteiger partial charge in [-0.25, -0.2) is 0 Å². The molecular weight excluding hydrogens is 311 g/mol. The van der Waals surface area contributed by atoms with Crippen molar-refractivity contribution in [1.82, 2.24) is 0 Å². The minimum atomic E-state index is -4.79. The van der Waals surface area contributed by atoms with Gasteiger partial charge in [0.15, 0.2) is 0 Å². The normalized spacial score (nSPS) is 19.9. The molecule has 0 saturated heterocycles. The van der Waals surface area contributed by atoms with Crippen molar-refractivity contribution >= 4 is 5.69 Å². The van der Waals surface area contributed by atoms with Gasteiger partial charge in [0.2, 0.25) is 0 Å². The fourth-order valence-electron chi connectivity index (χ4n) is 2.76. The monoisotopic (exact) mass is 325 g/mol. The Bertz CT molecular complexity index is 733. The standard InChI is InChI=1S/C16H14F3NO3/c1-22-14-5-3-2-4-11(14)15(21)9-20-13-7-6-10(8-12(13)15)23-16(17,18)19/h2-8,20-21H,9H2,1H3. The van der Waals surface area contributed by atoms with Gasteiger partial charge in [-0.3, -0.25) is 0 Å². The summed E-state index contributed by atoms with van der Waals surface area (Å²) in [6.45, 7) is 0.123. The maximum absolute atomic E-state index is 12.4. The van der Waals surface area contributed by atoms with Crippen LogP contribution in [-0.4, -0.2) is 25.1 Å². The number of fused-ring (bicyclic) bond motifs is 1. The lowest BCUT2D eigenvalue weighted by Crippen LogP contribution is -2.30. The fourth-order valence-corrected chi connectivity index (χ4v) is 2.76. The van der Waals surface area contributed by atoms with Crippen LogP contribution in [0.1, 0.15) is 11.1 Å². The van der Waals surface area contributed by atoms with E-state index >= 15 is 0 Å². The third kappa shape index (κ3) is 2.79. The molecule has 1 aliphatic rings. The minimum Gasteiger partial charge on any atom is -0.496 e. The molecule has 1 atom stereocenters. The summed E-state index contributed by atoms with van der Waals surface area (Å²) in [4.78, 5) is 0. The molecule has 2 aromatic rings. The molecule has 2 aromatic carbocycles. The quantitative estimate of drug-likeness (QED) is 0.909. The smallest absolute Gasteiger partial charge is 0.496 e. The van der Waals surface area contributed by atoms with Crippen molar-refractivity contribution in [3.63, 3.8) is 0 Å².